The van der Waals surface area contributed by atoms with Crippen molar-refractivity contribution in [3.63, 3.8) is 0 Å². The van der Waals surface area contributed by atoms with Gasteiger partial charge in [0.15, 0.2) is 0 Å². The molecule has 1 aliphatic rings. The summed E-state index contributed by atoms with van der Waals surface area (Å²) >= 11 is 0. The van der Waals surface area contributed by atoms with Crippen LogP contribution in [-0.4, -0.2) is 31.2 Å². The summed E-state index contributed by atoms with van der Waals surface area (Å²) in [5.41, 5.74) is -0.0514. The largest absolute Gasteiger partial charge is 0.506 e. The minimum absolute atomic E-state index is 0.0431. The lowest BCUT2D eigenvalue weighted by Crippen LogP contribution is -2.46. The van der Waals surface area contributed by atoms with Gasteiger partial charge in [0.1, 0.15) is 11.5 Å². The maximum absolute atomic E-state index is 12.3. The van der Waals surface area contributed by atoms with E-state index in [-0.39, 0.29) is 11.7 Å². The van der Waals surface area contributed by atoms with Crippen molar-refractivity contribution < 1.29 is 14.6 Å². The van der Waals surface area contributed by atoms with Crippen molar-refractivity contribution >= 4 is 11.6 Å². The van der Waals surface area contributed by atoms with E-state index in [0.29, 0.717) is 18.0 Å². The van der Waals surface area contributed by atoms with Crippen LogP contribution in [0.3, 0.4) is 0 Å². The molecule has 0 radical (unpaired) electrons. The van der Waals surface area contributed by atoms with Crippen molar-refractivity contribution in [1.82, 2.24) is 5.32 Å². The van der Waals surface area contributed by atoms with E-state index in [4.69, 9.17) is 4.74 Å². The predicted octanol–water partition coefficient (Wildman–Crippen LogP) is 1.73. The van der Waals surface area contributed by atoms with Gasteiger partial charge in [-0.05, 0) is 38.4 Å². The maximum atomic E-state index is 12.3. The van der Waals surface area contributed by atoms with Crippen molar-refractivity contribution in [2.75, 3.05) is 25.5 Å². The second-order valence-electron chi connectivity index (χ2n) is 5.18. The second kappa shape index (κ2) is 5.48. The van der Waals surface area contributed by atoms with Crippen LogP contribution >= 0.6 is 0 Å². The molecule has 1 aromatic carbocycles. The van der Waals surface area contributed by atoms with Crippen molar-refractivity contribution in [3.05, 3.63) is 18.2 Å². The van der Waals surface area contributed by atoms with Gasteiger partial charge >= 0.3 is 0 Å². The Morgan fingerprint density at radius 1 is 1.53 bits per heavy atom. The number of rotatable bonds is 3. The molecule has 1 aliphatic heterocycles. The summed E-state index contributed by atoms with van der Waals surface area (Å²) in [6.45, 7) is 3.54. The van der Waals surface area contributed by atoms with Crippen molar-refractivity contribution in [2.24, 2.45) is 5.41 Å². The number of hydrogen-bond donors (Lipinski definition) is 3. The fourth-order valence-corrected chi connectivity index (χ4v) is 2.27. The van der Waals surface area contributed by atoms with E-state index in [0.717, 1.165) is 19.4 Å². The summed E-state index contributed by atoms with van der Waals surface area (Å²) in [5, 5.41) is 15.8. The SMILES string of the molecule is COc1ccc(O)c(NC(=O)C2(C)CCCNC2)c1. The second-order valence-corrected chi connectivity index (χ2v) is 5.18. The van der Waals surface area contributed by atoms with Crippen LogP contribution in [0.1, 0.15) is 19.8 Å². The quantitative estimate of drug-likeness (QED) is 0.727. The molecule has 5 nitrogen and oxygen atoms in total. The zero-order valence-electron chi connectivity index (χ0n) is 11.3. The van der Waals surface area contributed by atoms with E-state index >= 15 is 0 Å². The molecule has 1 unspecified atom stereocenters. The minimum atomic E-state index is -0.437. The van der Waals surface area contributed by atoms with Crippen LogP contribution < -0.4 is 15.4 Å². The number of methoxy groups -OCH3 is 1. The van der Waals surface area contributed by atoms with Crippen molar-refractivity contribution in [2.45, 2.75) is 19.8 Å². The molecule has 1 saturated heterocycles. The zero-order valence-corrected chi connectivity index (χ0v) is 11.3. The predicted molar refractivity (Wildman–Crippen MR) is 73.5 cm³/mol. The van der Waals surface area contributed by atoms with Gasteiger partial charge in [0.2, 0.25) is 5.91 Å². The zero-order chi connectivity index (χ0) is 13.9. The van der Waals surface area contributed by atoms with Crippen LogP contribution in [0.4, 0.5) is 5.69 Å². The Kier molecular flexibility index (Phi) is 3.95. The lowest BCUT2D eigenvalue weighted by Gasteiger charge is -2.32. The highest BCUT2D eigenvalue weighted by Gasteiger charge is 2.34. The number of ether oxygens (including phenoxy) is 1. The fourth-order valence-electron chi connectivity index (χ4n) is 2.27. The Morgan fingerprint density at radius 3 is 2.95 bits per heavy atom. The number of hydrogen-bond acceptors (Lipinski definition) is 4. The van der Waals surface area contributed by atoms with Crippen molar-refractivity contribution in [1.29, 1.82) is 0 Å². The number of benzene rings is 1. The first-order valence-electron chi connectivity index (χ1n) is 6.44. The van der Waals surface area contributed by atoms with E-state index in [2.05, 4.69) is 10.6 Å². The van der Waals surface area contributed by atoms with Gasteiger partial charge in [-0.3, -0.25) is 4.79 Å². The molecule has 104 valence electrons. The highest BCUT2D eigenvalue weighted by molar-refractivity contribution is 5.96. The van der Waals surface area contributed by atoms with Gasteiger partial charge in [-0.2, -0.15) is 0 Å². The molecule has 1 aromatic rings. The number of aromatic hydroxyl groups is 1. The molecule has 1 fully saturated rings. The molecular weight excluding hydrogens is 244 g/mol. The van der Waals surface area contributed by atoms with Gasteiger partial charge in [-0.15, -0.1) is 0 Å². The highest BCUT2D eigenvalue weighted by atomic mass is 16.5. The highest BCUT2D eigenvalue weighted by Crippen LogP contribution is 2.32. The van der Waals surface area contributed by atoms with Crippen LogP contribution in [0.2, 0.25) is 0 Å². The number of nitrogens with one attached hydrogen (secondary N) is 2. The molecule has 0 spiro atoms. The van der Waals surface area contributed by atoms with E-state index in [1.54, 1.807) is 19.2 Å². The minimum Gasteiger partial charge on any atom is -0.506 e. The van der Waals surface area contributed by atoms with Gasteiger partial charge in [0, 0.05) is 12.6 Å². The first-order chi connectivity index (χ1) is 9.05. The summed E-state index contributed by atoms with van der Waals surface area (Å²) in [4.78, 5) is 12.3. The average molecular weight is 264 g/mol. The smallest absolute Gasteiger partial charge is 0.231 e. The average Bonchev–Trinajstić information content (AvgIpc) is 2.42. The Labute approximate surface area is 113 Å². The molecule has 1 heterocycles. The van der Waals surface area contributed by atoms with Gasteiger partial charge in [0.05, 0.1) is 18.2 Å². The lowest BCUT2D eigenvalue weighted by molar-refractivity contribution is -0.125. The Balaban J connectivity index is 2.14. The standard InChI is InChI=1S/C14H20N2O3/c1-14(6-3-7-15-9-14)13(18)16-11-8-10(19-2)4-5-12(11)17/h4-5,8,15,17H,3,6-7,9H2,1-2H3,(H,16,18). The van der Waals surface area contributed by atoms with Crippen LogP contribution in [0.5, 0.6) is 11.5 Å². The number of phenols is 1. The summed E-state index contributed by atoms with van der Waals surface area (Å²) in [6.07, 6.45) is 1.82. The molecule has 2 rings (SSSR count). The Hall–Kier alpha value is -1.75. The monoisotopic (exact) mass is 264 g/mol. The van der Waals surface area contributed by atoms with E-state index < -0.39 is 5.41 Å². The number of amides is 1. The lowest BCUT2D eigenvalue weighted by atomic mass is 9.82. The molecule has 5 heteroatoms. The third kappa shape index (κ3) is 2.98. The normalized spacial score (nSPS) is 22.8. The third-order valence-corrected chi connectivity index (χ3v) is 3.60. The van der Waals surface area contributed by atoms with Crippen LogP contribution in [0.25, 0.3) is 0 Å². The van der Waals surface area contributed by atoms with Crippen LogP contribution in [-0.2, 0) is 4.79 Å². The van der Waals surface area contributed by atoms with E-state index in [1.807, 2.05) is 6.92 Å². The van der Waals surface area contributed by atoms with Crippen molar-refractivity contribution in [3.8, 4) is 11.5 Å². The topological polar surface area (TPSA) is 70.6 Å². The number of anilines is 1. The van der Waals surface area contributed by atoms with E-state index in [1.165, 1.54) is 6.07 Å². The van der Waals surface area contributed by atoms with Gasteiger partial charge in [-0.1, -0.05) is 0 Å². The first kappa shape index (κ1) is 13.7. The molecule has 0 saturated carbocycles. The number of carbonyl (C=O) groups excluding carboxylic acids is 1. The first-order valence-corrected chi connectivity index (χ1v) is 6.44. The molecule has 0 aromatic heterocycles. The number of piperidine rings is 1. The molecule has 0 bridgehead atoms. The van der Waals surface area contributed by atoms with Gasteiger partial charge in [0.25, 0.3) is 0 Å². The summed E-state index contributed by atoms with van der Waals surface area (Å²) in [7, 11) is 1.55. The Bertz CT molecular complexity index is 468. The molecule has 1 amide bonds. The van der Waals surface area contributed by atoms with Crippen LogP contribution in [0, 0.1) is 5.41 Å². The van der Waals surface area contributed by atoms with E-state index in [9.17, 15) is 9.90 Å². The summed E-state index contributed by atoms with van der Waals surface area (Å²) in [5.74, 6) is 0.560. The molecule has 19 heavy (non-hydrogen) atoms. The Morgan fingerprint density at radius 2 is 2.32 bits per heavy atom. The van der Waals surface area contributed by atoms with Gasteiger partial charge < -0.3 is 20.5 Å². The summed E-state index contributed by atoms with van der Waals surface area (Å²) in [6, 6.07) is 4.78. The summed E-state index contributed by atoms with van der Waals surface area (Å²) < 4.78 is 5.09. The maximum Gasteiger partial charge on any atom is 0.231 e. The molecule has 0 aliphatic carbocycles. The third-order valence-electron chi connectivity index (χ3n) is 3.60. The molecule has 1 atom stereocenters. The molecular formula is C14H20N2O3. The molecule has 3 N–H and O–H groups in total. The number of phenolic OH excluding ortho intramolecular Hbond substituents is 1. The number of carbonyl (C=O) groups is 1. The van der Waals surface area contributed by atoms with Crippen LogP contribution in [0.15, 0.2) is 18.2 Å². The fraction of sp³-hybridized carbons (Fsp3) is 0.500. The van der Waals surface area contributed by atoms with Gasteiger partial charge in [-0.25, -0.2) is 0 Å².